The molecule has 5 heteroatoms. The summed E-state index contributed by atoms with van der Waals surface area (Å²) in [6.45, 7) is 3.44. The van der Waals surface area contributed by atoms with Crippen molar-refractivity contribution in [1.82, 2.24) is 10.6 Å². The van der Waals surface area contributed by atoms with Gasteiger partial charge in [-0.1, -0.05) is 12.1 Å². The lowest BCUT2D eigenvalue weighted by molar-refractivity contribution is -0.00914. The molecule has 126 valence electrons. The van der Waals surface area contributed by atoms with E-state index in [4.69, 9.17) is 4.74 Å². The van der Waals surface area contributed by atoms with E-state index in [1.807, 2.05) is 0 Å². The average molecular weight is 334 g/mol. The molecule has 1 saturated heterocycles. The van der Waals surface area contributed by atoms with Gasteiger partial charge < -0.3 is 15.4 Å². The number of carbonyl (C=O) groups is 1. The smallest absolute Gasteiger partial charge is 0.315 e. The molecule has 1 saturated carbocycles. The van der Waals surface area contributed by atoms with E-state index < -0.39 is 0 Å². The van der Waals surface area contributed by atoms with Crippen molar-refractivity contribution in [1.29, 1.82) is 0 Å². The van der Waals surface area contributed by atoms with E-state index in [0.717, 1.165) is 30.9 Å². The molecular weight excluding hydrogens is 308 g/mol. The molecule has 0 radical (unpaired) electrons. The molecular formula is C18H26N2O2S. The van der Waals surface area contributed by atoms with E-state index in [1.165, 1.54) is 23.3 Å². The minimum atomic E-state index is -0.0713. The van der Waals surface area contributed by atoms with E-state index >= 15 is 0 Å². The number of hydrogen-bond acceptors (Lipinski definition) is 3. The topological polar surface area (TPSA) is 50.4 Å². The highest BCUT2D eigenvalue weighted by molar-refractivity contribution is 7.98. The van der Waals surface area contributed by atoms with Gasteiger partial charge in [0.2, 0.25) is 0 Å². The zero-order valence-corrected chi connectivity index (χ0v) is 14.7. The molecule has 0 unspecified atom stereocenters. The van der Waals surface area contributed by atoms with Gasteiger partial charge in [-0.05, 0) is 62.0 Å². The van der Waals surface area contributed by atoms with Gasteiger partial charge >= 0.3 is 6.03 Å². The number of hydrogen-bond donors (Lipinski definition) is 2. The van der Waals surface area contributed by atoms with Gasteiger partial charge in [-0.25, -0.2) is 4.79 Å². The molecule has 1 aromatic rings. The molecule has 0 aromatic heterocycles. The van der Waals surface area contributed by atoms with Crippen LogP contribution < -0.4 is 10.6 Å². The van der Waals surface area contributed by atoms with Crippen LogP contribution in [0.15, 0.2) is 23.1 Å². The van der Waals surface area contributed by atoms with Gasteiger partial charge in [-0.2, -0.15) is 0 Å². The fourth-order valence-electron chi connectivity index (χ4n) is 3.22. The molecule has 1 aliphatic carbocycles. The van der Waals surface area contributed by atoms with Gasteiger partial charge in [0.15, 0.2) is 0 Å². The highest BCUT2D eigenvalue weighted by Crippen LogP contribution is 2.38. The number of ether oxygens (including phenoxy) is 1. The van der Waals surface area contributed by atoms with Crippen molar-refractivity contribution in [3.05, 3.63) is 29.3 Å². The number of thioether (sulfide) groups is 1. The number of nitrogens with one attached hydrogen (secondary N) is 2. The van der Waals surface area contributed by atoms with Crippen LogP contribution in [0.2, 0.25) is 0 Å². The summed E-state index contributed by atoms with van der Waals surface area (Å²) in [6, 6.07) is 6.52. The van der Waals surface area contributed by atoms with Crippen LogP contribution in [-0.2, 0) is 11.3 Å². The monoisotopic (exact) mass is 334 g/mol. The molecule has 0 spiro atoms. The molecule has 1 aliphatic heterocycles. The molecule has 2 N–H and O–H groups in total. The Kier molecular flexibility index (Phi) is 5.49. The van der Waals surface area contributed by atoms with Gasteiger partial charge in [-0.3, -0.25) is 0 Å². The largest absolute Gasteiger partial charge is 0.378 e. The van der Waals surface area contributed by atoms with Crippen LogP contribution in [0.4, 0.5) is 4.79 Å². The lowest BCUT2D eigenvalue weighted by Gasteiger charge is -2.30. The van der Waals surface area contributed by atoms with Gasteiger partial charge in [0.25, 0.3) is 0 Å². The van der Waals surface area contributed by atoms with Crippen molar-refractivity contribution in [3.63, 3.8) is 0 Å². The standard InChI is InChI=1S/C18H26N2O2S/c1-12-9-13(3-6-17(12)23-2)11-19-18(21)20-15-7-8-22-16(10-15)14-4-5-14/h3,6,9,14-16H,4-5,7-8,10-11H2,1-2H3,(H2,19,20,21)/t15-,16+/m1/s1. The van der Waals surface area contributed by atoms with Gasteiger partial charge in [0.05, 0.1) is 6.10 Å². The van der Waals surface area contributed by atoms with Crippen molar-refractivity contribution in [3.8, 4) is 0 Å². The first-order chi connectivity index (χ1) is 11.2. The third-order valence-corrected chi connectivity index (χ3v) is 5.61. The van der Waals surface area contributed by atoms with Crippen molar-refractivity contribution in [2.75, 3.05) is 12.9 Å². The molecule has 1 aromatic carbocycles. The number of aryl methyl sites for hydroxylation is 1. The molecule has 2 amide bonds. The predicted molar refractivity (Wildman–Crippen MR) is 93.8 cm³/mol. The van der Waals surface area contributed by atoms with Gasteiger partial charge in [-0.15, -0.1) is 11.8 Å². The van der Waals surface area contributed by atoms with E-state index in [9.17, 15) is 4.79 Å². The SMILES string of the molecule is CSc1ccc(CNC(=O)N[C@@H]2CCO[C@H](C3CC3)C2)cc1C. The third-order valence-electron chi connectivity index (χ3n) is 4.71. The van der Waals surface area contributed by atoms with Crippen molar-refractivity contribution < 1.29 is 9.53 Å². The Labute approximate surface area is 142 Å². The number of benzene rings is 1. The summed E-state index contributed by atoms with van der Waals surface area (Å²) in [6.07, 6.45) is 6.88. The summed E-state index contributed by atoms with van der Waals surface area (Å²) < 4.78 is 5.80. The van der Waals surface area contributed by atoms with Crippen LogP contribution in [0.25, 0.3) is 0 Å². The Morgan fingerprint density at radius 1 is 1.35 bits per heavy atom. The average Bonchev–Trinajstić information content (AvgIpc) is 3.38. The minimum absolute atomic E-state index is 0.0713. The lowest BCUT2D eigenvalue weighted by atomic mass is 10.0. The van der Waals surface area contributed by atoms with Crippen molar-refractivity contribution in [2.45, 2.75) is 56.2 Å². The first kappa shape index (κ1) is 16.7. The molecule has 3 rings (SSSR count). The highest BCUT2D eigenvalue weighted by Gasteiger charge is 2.36. The summed E-state index contributed by atoms with van der Waals surface area (Å²) in [7, 11) is 0. The first-order valence-corrected chi connectivity index (χ1v) is 9.67. The first-order valence-electron chi connectivity index (χ1n) is 8.45. The summed E-state index contributed by atoms with van der Waals surface area (Å²) in [4.78, 5) is 13.4. The van der Waals surface area contributed by atoms with Crippen LogP contribution in [-0.4, -0.2) is 31.0 Å². The fourth-order valence-corrected chi connectivity index (χ4v) is 3.81. The van der Waals surface area contributed by atoms with Crippen LogP contribution in [0.1, 0.15) is 36.8 Å². The lowest BCUT2D eigenvalue weighted by Crippen LogP contribution is -2.46. The number of amides is 2. The zero-order valence-electron chi connectivity index (χ0n) is 13.9. The molecule has 23 heavy (non-hydrogen) atoms. The summed E-state index contributed by atoms with van der Waals surface area (Å²) in [5.41, 5.74) is 2.40. The van der Waals surface area contributed by atoms with E-state index in [1.54, 1.807) is 11.8 Å². The quantitative estimate of drug-likeness (QED) is 0.811. The van der Waals surface area contributed by atoms with Crippen LogP contribution in [0.5, 0.6) is 0 Å². The van der Waals surface area contributed by atoms with Crippen LogP contribution >= 0.6 is 11.8 Å². The second-order valence-corrected chi connectivity index (χ2v) is 7.45. The second-order valence-electron chi connectivity index (χ2n) is 6.60. The number of carbonyl (C=O) groups excluding carboxylic acids is 1. The van der Waals surface area contributed by atoms with Gasteiger partial charge in [0, 0.05) is 24.1 Å². The van der Waals surface area contributed by atoms with E-state index in [2.05, 4.69) is 42.0 Å². The minimum Gasteiger partial charge on any atom is -0.378 e. The number of urea groups is 1. The predicted octanol–water partition coefficient (Wildman–Crippen LogP) is 3.47. The maximum absolute atomic E-state index is 12.1. The fraction of sp³-hybridized carbons (Fsp3) is 0.611. The van der Waals surface area contributed by atoms with E-state index in [-0.39, 0.29) is 12.1 Å². The van der Waals surface area contributed by atoms with Crippen LogP contribution in [0.3, 0.4) is 0 Å². The molecule has 4 nitrogen and oxygen atoms in total. The van der Waals surface area contributed by atoms with Gasteiger partial charge in [0.1, 0.15) is 0 Å². The molecule has 2 atom stereocenters. The molecule has 0 bridgehead atoms. The summed E-state index contributed by atoms with van der Waals surface area (Å²) in [5, 5.41) is 6.08. The Morgan fingerprint density at radius 3 is 2.87 bits per heavy atom. The normalized spacial score (nSPS) is 24.3. The second kappa shape index (κ2) is 7.58. The Hall–Kier alpha value is -1.20. The highest BCUT2D eigenvalue weighted by atomic mass is 32.2. The molecule has 2 fully saturated rings. The Balaban J connectivity index is 1.44. The molecule has 2 aliphatic rings. The Morgan fingerprint density at radius 2 is 2.17 bits per heavy atom. The van der Waals surface area contributed by atoms with Crippen molar-refractivity contribution in [2.24, 2.45) is 5.92 Å². The number of rotatable bonds is 5. The molecule has 1 heterocycles. The zero-order chi connectivity index (χ0) is 16.2. The van der Waals surface area contributed by atoms with Crippen molar-refractivity contribution >= 4 is 17.8 Å². The summed E-state index contributed by atoms with van der Waals surface area (Å²) >= 11 is 1.75. The maximum atomic E-state index is 12.1. The third kappa shape index (κ3) is 4.64. The van der Waals surface area contributed by atoms with Crippen LogP contribution in [0, 0.1) is 12.8 Å². The maximum Gasteiger partial charge on any atom is 0.315 e. The van der Waals surface area contributed by atoms with E-state index in [0.29, 0.717) is 12.6 Å². The Bertz CT molecular complexity index is 560. The summed E-state index contributed by atoms with van der Waals surface area (Å²) in [5.74, 6) is 0.737.